The topological polar surface area (TPSA) is 38.3 Å². The molecule has 0 spiro atoms. The molecule has 4 heteroatoms. The van der Waals surface area contributed by atoms with Crippen molar-refractivity contribution < 1.29 is 9.53 Å². The fourth-order valence-corrected chi connectivity index (χ4v) is 4.06. The maximum atomic E-state index is 12.2. The highest BCUT2D eigenvalue weighted by molar-refractivity contribution is 9.10. The van der Waals surface area contributed by atoms with Gasteiger partial charge in [-0.05, 0) is 36.1 Å². The number of nitrogens with one attached hydrogen (secondary N) is 1. The van der Waals surface area contributed by atoms with E-state index in [4.69, 9.17) is 4.74 Å². The second kappa shape index (κ2) is 9.22. The van der Waals surface area contributed by atoms with Gasteiger partial charge in [0.2, 0.25) is 0 Å². The van der Waals surface area contributed by atoms with Crippen molar-refractivity contribution in [2.24, 2.45) is 0 Å². The van der Waals surface area contributed by atoms with Crippen LogP contribution in [0, 0.1) is 0 Å². The number of hydrogen-bond acceptors (Lipinski definition) is 2. The van der Waals surface area contributed by atoms with E-state index in [2.05, 4.69) is 45.5 Å². The lowest BCUT2D eigenvalue weighted by atomic mass is 9.74. The van der Waals surface area contributed by atoms with E-state index in [1.807, 2.05) is 30.3 Å². The molecule has 0 saturated heterocycles. The quantitative estimate of drug-likeness (QED) is 0.610. The zero-order valence-electron chi connectivity index (χ0n) is 15.0. The third-order valence-electron chi connectivity index (χ3n) is 5.30. The van der Waals surface area contributed by atoms with E-state index in [1.165, 1.54) is 31.2 Å². The van der Waals surface area contributed by atoms with E-state index in [0.29, 0.717) is 13.2 Å². The number of ether oxygens (including phenoxy) is 1. The van der Waals surface area contributed by atoms with Crippen molar-refractivity contribution in [1.82, 2.24) is 5.32 Å². The SMILES string of the molecule is O=C(NCC1(c2ccc(Br)cc2)CCCCCC1)OCc1ccccc1. The van der Waals surface area contributed by atoms with Gasteiger partial charge in [0.25, 0.3) is 0 Å². The van der Waals surface area contributed by atoms with Crippen LogP contribution in [0.1, 0.15) is 49.7 Å². The van der Waals surface area contributed by atoms with Crippen LogP contribution in [0.15, 0.2) is 59.1 Å². The largest absolute Gasteiger partial charge is 0.445 e. The van der Waals surface area contributed by atoms with Crippen molar-refractivity contribution in [2.75, 3.05) is 6.54 Å². The molecule has 1 saturated carbocycles. The van der Waals surface area contributed by atoms with Crippen molar-refractivity contribution in [3.8, 4) is 0 Å². The predicted octanol–water partition coefficient (Wildman–Crippen LogP) is 5.97. The Morgan fingerprint density at radius 3 is 2.27 bits per heavy atom. The summed E-state index contributed by atoms with van der Waals surface area (Å²) in [5, 5.41) is 3.03. The number of halogens is 1. The second-order valence-electron chi connectivity index (χ2n) is 7.12. The number of carbonyl (C=O) groups is 1. The van der Waals surface area contributed by atoms with E-state index in [1.54, 1.807) is 0 Å². The van der Waals surface area contributed by atoms with Crippen molar-refractivity contribution in [3.63, 3.8) is 0 Å². The lowest BCUT2D eigenvalue weighted by Crippen LogP contribution is -2.40. The van der Waals surface area contributed by atoms with Gasteiger partial charge in [-0.25, -0.2) is 4.79 Å². The predicted molar refractivity (Wildman–Crippen MR) is 108 cm³/mol. The minimum atomic E-state index is -0.338. The molecule has 3 rings (SSSR count). The molecule has 1 N–H and O–H groups in total. The van der Waals surface area contributed by atoms with E-state index < -0.39 is 0 Å². The van der Waals surface area contributed by atoms with E-state index in [0.717, 1.165) is 22.9 Å². The van der Waals surface area contributed by atoms with E-state index in [-0.39, 0.29) is 11.5 Å². The Hall–Kier alpha value is -1.81. The Balaban J connectivity index is 1.64. The van der Waals surface area contributed by atoms with Gasteiger partial charge in [0.1, 0.15) is 6.61 Å². The van der Waals surface area contributed by atoms with Crippen LogP contribution in [-0.2, 0) is 16.8 Å². The molecule has 3 nitrogen and oxygen atoms in total. The molecule has 0 heterocycles. The van der Waals surface area contributed by atoms with Gasteiger partial charge in [0, 0.05) is 16.4 Å². The van der Waals surface area contributed by atoms with Gasteiger partial charge in [-0.15, -0.1) is 0 Å². The summed E-state index contributed by atoms with van der Waals surface area (Å²) in [7, 11) is 0. The fourth-order valence-electron chi connectivity index (χ4n) is 3.79. The number of benzene rings is 2. The van der Waals surface area contributed by atoms with Crippen LogP contribution < -0.4 is 5.32 Å². The average molecular weight is 416 g/mol. The van der Waals surface area contributed by atoms with E-state index >= 15 is 0 Å². The summed E-state index contributed by atoms with van der Waals surface area (Å²) in [5.41, 5.74) is 2.31. The maximum Gasteiger partial charge on any atom is 0.407 e. The van der Waals surface area contributed by atoms with Gasteiger partial charge in [-0.1, -0.05) is 84.1 Å². The van der Waals surface area contributed by atoms with Crippen molar-refractivity contribution >= 4 is 22.0 Å². The molecule has 0 aromatic heterocycles. The van der Waals surface area contributed by atoms with Crippen LogP contribution >= 0.6 is 15.9 Å². The molecule has 0 bridgehead atoms. The highest BCUT2D eigenvalue weighted by Crippen LogP contribution is 2.38. The Kier molecular flexibility index (Phi) is 6.73. The molecule has 138 valence electrons. The highest BCUT2D eigenvalue weighted by atomic mass is 79.9. The Morgan fingerprint density at radius 2 is 1.62 bits per heavy atom. The number of hydrogen-bond donors (Lipinski definition) is 1. The first-order chi connectivity index (χ1) is 12.7. The third-order valence-corrected chi connectivity index (χ3v) is 5.83. The Labute approximate surface area is 164 Å². The van der Waals surface area contributed by atoms with Crippen LogP contribution in [0.4, 0.5) is 4.79 Å². The first kappa shape index (κ1) is 19.0. The lowest BCUT2D eigenvalue weighted by molar-refractivity contribution is 0.136. The average Bonchev–Trinajstić information content (AvgIpc) is 2.93. The molecule has 1 aliphatic rings. The standard InChI is InChI=1S/C22H26BrNO2/c23-20-12-10-19(11-13-20)22(14-6-1-2-7-15-22)17-24-21(25)26-16-18-8-4-3-5-9-18/h3-5,8-13H,1-2,6-7,14-17H2,(H,24,25). The fraction of sp³-hybridized carbons (Fsp3) is 0.409. The molecule has 1 amide bonds. The summed E-state index contributed by atoms with van der Waals surface area (Å²) in [6.07, 6.45) is 6.83. The zero-order valence-corrected chi connectivity index (χ0v) is 16.6. The third kappa shape index (κ3) is 5.10. The highest BCUT2D eigenvalue weighted by Gasteiger charge is 2.33. The molecule has 0 atom stereocenters. The molecule has 2 aromatic rings. The smallest absolute Gasteiger partial charge is 0.407 e. The zero-order chi connectivity index (χ0) is 18.2. The van der Waals surface area contributed by atoms with Gasteiger partial charge >= 0.3 is 6.09 Å². The van der Waals surface area contributed by atoms with Gasteiger partial charge in [0.15, 0.2) is 0 Å². The molecule has 26 heavy (non-hydrogen) atoms. The van der Waals surface area contributed by atoms with Crippen molar-refractivity contribution in [3.05, 3.63) is 70.2 Å². The van der Waals surface area contributed by atoms with Crippen LogP contribution in [0.3, 0.4) is 0 Å². The normalized spacial score (nSPS) is 16.5. The number of carbonyl (C=O) groups excluding carboxylic acids is 1. The van der Waals surface area contributed by atoms with Crippen LogP contribution in [0.25, 0.3) is 0 Å². The first-order valence-electron chi connectivity index (χ1n) is 9.39. The summed E-state index contributed by atoms with van der Waals surface area (Å²) in [6.45, 7) is 0.931. The minimum Gasteiger partial charge on any atom is -0.445 e. The molecule has 2 aromatic carbocycles. The van der Waals surface area contributed by atoms with Crippen molar-refractivity contribution in [1.29, 1.82) is 0 Å². The summed E-state index contributed by atoms with van der Waals surface area (Å²) in [6, 6.07) is 18.3. The van der Waals surface area contributed by atoms with Gasteiger partial charge in [0.05, 0.1) is 0 Å². The lowest BCUT2D eigenvalue weighted by Gasteiger charge is -2.33. The van der Waals surface area contributed by atoms with E-state index in [9.17, 15) is 4.79 Å². The number of rotatable bonds is 5. The van der Waals surface area contributed by atoms with Gasteiger partial charge in [-0.2, -0.15) is 0 Å². The first-order valence-corrected chi connectivity index (χ1v) is 10.2. The van der Waals surface area contributed by atoms with Crippen LogP contribution in [0.5, 0.6) is 0 Å². The van der Waals surface area contributed by atoms with Gasteiger partial charge < -0.3 is 10.1 Å². The minimum absolute atomic E-state index is 0.00294. The number of amides is 1. The summed E-state index contributed by atoms with van der Waals surface area (Å²) < 4.78 is 6.48. The molecule has 0 aliphatic heterocycles. The molecule has 1 aliphatic carbocycles. The monoisotopic (exact) mass is 415 g/mol. The second-order valence-corrected chi connectivity index (χ2v) is 8.03. The Bertz CT molecular complexity index is 692. The summed E-state index contributed by atoms with van der Waals surface area (Å²) >= 11 is 3.52. The number of alkyl carbamates (subject to hydrolysis) is 1. The summed E-state index contributed by atoms with van der Waals surface area (Å²) in [4.78, 5) is 12.2. The summed E-state index contributed by atoms with van der Waals surface area (Å²) in [5.74, 6) is 0. The van der Waals surface area contributed by atoms with Crippen molar-refractivity contribution in [2.45, 2.75) is 50.5 Å². The van der Waals surface area contributed by atoms with Crippen LogP contribution in [-0.4, -0.2) is 12.6 Å². The Morgan fingerprint density at radius 1 is 0.962 bits per heavy atom. The maximum absolute atomic E-state index is 12.2. The molecular formula is C22H26BrNO2. The van der Waals surface area contributed by atoms with Gasteiger partial charge in [-0.3, -0.25) is 0 Å². The van der Waals surface area contributed by atoms with Crippen LogP contribution in [0.2, 0.25) is 0 Å². The molecular weight excluding hydrogens is 390 g/mol. The molecule has 0 radical (unpaired) electrons. The molecule has 0 unspecified atom stereocenters. The molecule has 1 fully saturated rings.